The first kappa shape index (κ1) is 15.1. The maximum absolute atomic E-state index is 13.4. The Morgan fingerprint density at radius 2 is 1.77 bits per heavy atom. The van der Waals surface area contributed by atoms with Gasteiger partial charge in [-0.05, 0) is 101 Å². The van der Waals surface area contributed by atoms with E-state index in [0.717, 1.165) is 38.3 Å². The highest BCUT2D eigenvalue weighted by Crippen LogP contribution is 2.41. The Morgan fingerprint density at radius 3 is 2.41 bits per heavy atom. The number of benzene rings is 2. The van der Waals surface area contributed by atoms with Crippen molar-refractivity contribution < 1.29 is 8.94 Å². The van der Waals surface area contributed by atoms with E-state index in [9.17, 15) is 8.94 Å². The molecule has 0 heterocycles. The second-order valence-electron chi connectivity index (χ2n) is 5.37. The van der Waals surface area contributed by atoms with Gasteiger partial charge in [-0.25, -0.2) is 4.39 Å². The van der Waals surface area contributed by atoms with Crippen molar-refractivity contribution in [1.29, 1.82) is 0 Å². The van der Waals surface area contributed by atoms with Crippen LogP contribution in [0.2, 0.25) is 0 Å². The first-order valence-corrected chi connectivity index (χ1v) is 8.52. The van der Waals surface area contributed by atoms with Crippen molar-refractivity contribution in [2.24, 2.45) is 0 Å². The van der Waals surface area contributed by atoms with Crippen molar-refractivity contribution in [3.05, 3.63) is 77.5 Å². The summed E-state index contributed by atoms with van der Waals surface area (Å²) >= 11 is -0.974. The van der Waals surface area contributed by atoms with Crippen molar-refractivity contribution in [2.45, 2.75) is 11.8 Å². The summed E-state index contributed by atoms with van der Waals surface area (Å²) in [7, 11) is 0. The molecule has 1 aliphatic carbocycles. The van der Waals surface area contributed by atoms with Gasteiger partial charge in [0.05, 0.1) is 0 Å². The molecule has 3 heteroatoms. The Morgan fingerprint density at radius 1 is 1.09 bits per heavy atom. The summed E-state index contributed by atoms with van der Waals surface area (Å²) < 4.78 is 24.9. The number of rotatable bonds is 2. The molecular formula is C19H16FOS. The summed E-state index contributed by atoms with van der Waals surface area (Å²) in [6.07, 6.45) is 3.73. The Labute approximate surface area is 133 Å². The van der Waals surface area contributed by atoms with Crippen molar-refractivity contribution in [3.8, 4) is 0 Å². The molecule has 0 spiro atoms. The second kappa shape index (κ2) is 5.75. The largest absolute Gasteiger partial charge is 0.612 e. The van der Waals surface area contributed by atoms with E-state index in [0.29, 0.717) is 0 Å². The third kappa shape index (κ3) is 2.62. The van der Waals surface area contributed by atoms with Crippen molar-refractivity contribution in [1.82, 2.24) is 0 Å². The molecule has 1 atom stereocenters. The maximum atomic E-state index is 13.4. The lowest BCUT2D eigenvalue weighted by atomic mass is 10.0. The zero-order valence-electron chi connectivity index (χ0n) is 12.5. The molecule has 1 unspecified atom stereocenters. The molecule has 0 saturated carbocycles. The molecule has 22 heavy (non-hydrogen) atoms. The van der Waals surface area contributed by atoms with Crippen molar-refractivity contribution >= 4 is 28.4 Å². The van der Waals surface area contributed by atoms with Crippen LogP contribution < -0.4 is 0 Å². The SMILES string of the molecule is [CH2]C1=C(C)C(=Cc2ccc([S+](C)[O-])cc2)c2ccc(F)cc21. The Balaban J connectivity index is 2.05. The smallest absolute Gasteiger partial charge is 0.152 e. The van der Waals surface area contributed by atoms with E-state index < -0.39 is 11.2 Å². The van der Waals surface area contributed by atoms with Gasteiger partial charge in [0.1, 0.15) is 12.1 Å². The van der Waals surface area contributed by atoms with E-state index in [2.05, 4.69) is 13.0 Å². The molecule has 0 saturated heterocycles. The normalized spacial score (nSPS) is 17.0. The third-order valence-corrected chi connectivity index (χ3v) is 4.91. The first-order valence-electron chi connectivity index (χ1n) is 6.96. The molecule has 1 aliphatic rings. The van der Waals surface area contributed by atoms with Crippen LogP contribution in [0, 0.1) is 12.7 Å². The Hall–Kier alpha value is -1.84. The van der Waals surface area contributed by atoms with Crippen LogP contribution in [0.25, 0.3) is 17.2 Å². The molecule has 1 nitrogen and oxygen atoms in total. The summed E-state index contributed by atoms with van der Waals surface area (Å²) in [4.78, 5) is 0.807. The summed E-state index contributed by atoms with van der Waals surface area (Å²) in [5.41, 5.74) is 5.87. The van der Waals surface area contributed by atoms with Crippen LogP contribution in [0.4, 0.5) is 4.39 Å². The predicted octanol–water partition coefficient (Wildman–Crippen LogP) is 4.72. The highest BCUT2D eigenvalue weighted by atomic mass is 32.2. The quantitative estimate of drug-likeness (QED) is 0.736. The van der Waals surface area contributed by atoms with Crippen molar-refractivity contribution in [2.75, 3.05) is 6.26 Å². The van der Waals surface area contributed by atoms with Gasteiger partial charge in [-0.15, -0.1) is 0 Å². The van der Waals surface area contributed by atoms with E-state index in [-0.39, 0.29) is 5.82 Å². The van der Waals surface area contributed by atoms with Crippen LogP contribution in [-0.2, 0) is 11.2 Å². The third-order valence-electron chi connectivity index (χ3n) is 3.98. The molecule has 0 aliphatic heterocycles. The summed E-state index contributed by atoms with van der Waals surface area (Å²) in [5.74, 6) is -0.247. The van der Waals surface area contributed by atoms with Gasteiger partial charge in [0.15, 0.2) is 4.90 Å². The van der Waals surface area contributed by atoms with Crippen molar-refractivity contribution in [3.63, 3.8) is 0 Å². The van der Waals surface area contributed by atoms with Gasteiger partial charge in [-0.1, -0.05) is 6.07 Å². The maximum Gasteiger partial charge on any atom is 0.152 e. The second-order valence-corrected chi connectivity index (χ2v) is 6.75. The van der Waals surface area contributed by atoms with Crippen LogP contribution >= 0.6 is 0 Å². The number of hydrogen-bond donors (Lipinski definition) is 0. The zero-order valence-corrected chi connectivity index (χ0v) is 13.3. The number of halogens is 1. The summed E-state index contributed by atoms with van der Waals surface area (Å²) in [6, 6.07) is 12.4. The minimum absolute atomic E-state index is 0.247. The van der Waals surface area contributed by atoms with E-state index >= 15 is 0 Å². The fraction of sp³-hybridized carbons (Fsp3) is 0.105. The Bertz CT molecular complexity index is 786. The van der Waals surface area contributed by atoms with Gasteiger partial charge >= 0.3 is 0 Å². The lowest BCUT2D eigenvalue weighted by molar-refractivity contribution is 0.601. The molecule has 3 rings (SSSR count). The summed E-state index contributed by atoms with van der Waals surface area (Å²) in [6.45, 7) is 6.06. The number of allylic oxidation sites excluding steroid dienone is 3. The molecule has 2 aromatic carbocycles. The van der Waals surface area contributed by atoms with Gasteiger partial charge < -0.3 is 4.55 Å². The van der Waals surface area contributed by atoms with E-state index in [1.807, 2.05) is 31.2 Å². The highest BCUT2D eigenvalue weighted by molar-refractivity contribution is 7.90. The molecule has 0 fully saturated rings. The van der Waals surface area contributed by atoms with Gasteiger partial charge in [0.25, 0.3) is 0 Å². The molecule has 1 radical (unpaired) electrons. The average Bonchev–Trinajstić information content (AvgIpc) is 2.73. The van der Waals surface area contributed by atoms with Gasteiger partial charge in [-0.2, -0.15) is 0 Å². The zero-order chi connectivity index (χ0) is 15.9. The standard InChI is InChI=1S/C19H16FOS/c1-12-13(2)19-11-15(20)6-9-17(19)18(12)10-14-4-7-16(8-5-14)22(3)21/h4-11H,2H2,1,3H3. The highest BCUT2D eigenvalue weighted by Gasteiger charge is 2.21. The average molecular weight is 311 g/mol. The van der Waals surface area contributed by atoms with E-state index in [1.54, 1.807) is 12.3 Å². The fourth-order valence-electron chi connectivity index (χ4n) is 2.68. The topological polar surface area (TPSA) is 23.1 Å². The van der Waals surface area contributed by atoms with Crippen LogP contribution in [-0.4, -0.2) is 10.8 Å². The molecule has 0 amide bonds. The lowest BCUT2D eigenvalue weighted by Gasteiger charge is -2.06. The van der Waals surface area contributed by atoms with Gasteiger partial charge in [0.2, 0.25) is 0 Å². The predicted molar refractivity (Wildman–Crippen MR) is 91.0 cm³/mol. The fourth-order valence-corrected chi connectivity index (χ4v) is 3.20. The van der Waals surface area contributed by atoms with Crippen LogP contribution in [0.1, 0.15) is 23.6 Å². The minimum atomic E-state index is -0.974. The van der Waals surface area contributed by atoms with Crippen LogP contribution in [0.3, 0.4) is 0 Å². The minimum Gasteiger partial charge on any atom is -0.612 e. The van der Waals surface area contributed by atoms with E-state index in [1.165, 1.54) is 12.1 Å². The monoisotopic (exact) mass is 311 g/mol. The Kier molecular flexibility index (Phi) is 3.94. The van der Waals surface area contributed by atoms with E-state index in [4.69, 9.17) is 0 Å². The number of fused-ring (bicyclic) bond motifs is 1. The number of hydrogen-bond acceptors (Lipinski definition) is 1. The van der Waals surface area contributed by atoms with Crippen LogP contribution in [0.15, 0.2) is 52.9 Å². The molecule has 111 valence electrons. The molecule has 0 N–H and O–H groups in total. The van der Waals surface area contributed by atoms with Crippen LogP contribution in [0.5, 0.6) is 0 Å². The first-order chi connectivity index (χ1) is 10.5. The lowest BCUT2D eigenvalue weighted by Crippen LogP contribution is -1.96. The molecule has 2 aromatic rings. The summed E-state index contributed by atoms with van der Waals surface area (Å²) in [5, 5.41) is 0. The van der Waals surface area contributed by atoms with Gasteiger partial charge in [0, 0.05) is 0 Å². The molecular weight excluding hydrogens is 295 g/mol. The van der Waals surface area contributed by atoms with Gasteiger partial charge in [-0.3, -0.25) is 0 Å². The molecule has 0 aromatic heterocycles. The molecule has 0 bridgehead atoms.